The number of β-amino-alcohol motifs (C(OH)–C–C–N with tert-alkyl or cyclic N) is 1. The van der Waals surface area contributed by atoms with Crippen LogP contribution in [0.3, 0.4) is 0 Å². The first kappa shape index (κ1) is 29.5. The maximum Gasteiger partial charge on any atom is 0.248 e. The van der Waals surface area contributed by atoms with Crippen LogP contribution in [0, 0.1) is 6.92 Å². The van der Waals surface area contributed by atoms with Crippen molar-refractivity contribution < 1.29 is 14.3 Å². The zero-order valence-electron chi connectivity index (χ0n) is 25.0. The number of hydrogen-bond donors (Lipinski definition) is 1. The second-order valence-electron chi connectivity index (χ2n) is 11.2. The van der Waals surface area contributed by atoms with E-state index in [-0.39, 0.29) is 12.6 Å². The molecule has 1 N–H and O–H groups in total. The molecule has 0 saturated carbocycles. The molecule has 0 radical (unpaired) electrons. The molecule has 1 saturated heterocycles. The fourth-order valence-electron chi connectivity index (χ4n) is 5.65. The second-order valence-corrected chi connectivity index (χ2v) is 11.2. The molecule has 1 aliphatic heterocycles. The van der Waals surface area contributed by atoms with Gasteiger partial charge < -0.3 is 14.3 Å². The predicted molar refractivity (Wildman–Crippen MR) is 174 cm³/mol. The van der Waals surface area contributed by atoms with E-state index in [4.69, 9.17) is 9.15 Å². The molecule has 7 heteroatoms. The van der Waals surface area contributed by atoms with Gasteiger partial charge in [-0.25, -0.2) is 0 Å². The molecule has 7 nitrogen and oxygen atoms in total. The van der Waals surface area contributed by atoms with E-state index >= 15 is 0 Å². The molecule has 1 atom stereocenters. The number of aliphatic hydroxyl groups is 1. The lowest BCUT2D eigenvalue weighted by Gasteiger charge is -2.40. The van der Waals surface area contributed by atoms with Crippen molar-refractivity contribution in [2.24, 2.45) is 0 Å². The van der Waals surface area contributed by atoms with Gasteiger partial charge in [0, 0.05) is 49.9 Å². The molecular formula is C37H38N4O3. The molecule has 1 aliphatic rings. The van der Waals surface area contributed by atoms with Crippen LogP contribution < -0.4 is 4.74 Å². The first-order valence-corrected chi connectivity index (χ1v) is 15.2. The van der Waals surface area contributed by atoms with Crippen molar-refractivity contribution in [3.8, 4) is 17.2 Å². The van der Waals surface area contributed by atoms with Gasteiger partial charge >= 0.3 is 0 Å². The molecule has 5 aromatic rings. The summed E-state index contributed by atoms with van der Waals surface area (Å²) >= 11 is 0. The second kappa shape index (κ2) is 14.3. The number of aliphatic hydroxyl groups excluding tert-OH is 1. The van der Waals surface area contributed by atoms with Gasteiger partial charge in [-0.05, 0) is 42.3 Å². The summed E-state index contributed by atoms with van der Waals surface area (Å²) < 4.78 is 11.9. The molecule has 1 aromatic heterocycles. The number of benzene rings is 4. The van der Waals surface area contributed by atoms with E-state index in [1.165, 1.54) is 16.7 Å². The Bertz CT molecular complexity index is 1590. The van der Waals surface area contributed by atoms with E-state index in [0.717, 1.165) is 37.3 Å². The number of aryl methyl sites for hydroxylation is 1. The molecule has 0 amide bonds. The van der Waals surface area contributed by atoms with Crippen LogP contribution in [-0.4, -0.2) is 70.5 Å². The third-order valence-electron chi connectivity index (χ3n) is 7.97. The molecule has 1 unspecified atom stereocenters. The smallest absolute Gasteiger partial charge is 0.248 e. The highest BCUT2D eigenvalue weighted by molar-refractivity contribution is 5.70. The van der Waals surface area contributed by atoms with Crippen LogP contribution in [0.15, 0.2) is 114 Å². The van der Waals surface area contributed by atoms with E-state index in [1.54, 1.807) is 6.08 Å². The quantitative estimate of drug-likeness (QED) is 0.193. The molecule has 0 bridgehead atoms. The van der Waals surface area contributed by atoms with E-state index in [2.05, 4.69) is 80.7 Å². The number of nitrogens with zero attached hydrogens (tertiary/aromatic N) is 4. The van der Waals surface area contributed by atoms with Crippen LogP contribution >= 0.6 is 0 Å². The highest BCUT2D eigenvalue weighted by atomic mass is 16.5. The predicted octanol–water partition coefficient (Wildman–Crippen LogP) is 6.36. The summed E-state index contributed by atoms with van der Waals surface area (Å²) in [4.78, 5) is 4.87. The first-order valence-electron chi connectivity index (χ1n) is 15.2. The number of hydrogen-bond acceptors (Lipinski definition) is 7. The van der Waals surface area contributed by atoms with Gasteiger partial charge in [-0.15, -0.1) is 10.2 Å². The lowest BCUT2D eigenvalue weighted by molar-refractivity contribution is 0.0400. The maximum absolute atomic E-state index is 10.9. The number of rotatable bonds is 11. The molecule has 224 valence electrons. The maximum atomic E-state index is 10.9. The summed E-state index contributed by atoms with van der Waals surface area (Å²) in [5.74, 6) is 1.59. The highest BCUT2D eigenvalue weighted by Crippen LogP contribution is 2.29. The minimum atomic E-state index is -0.606. The molecule has 6 rings (SSSR count). The minimum absolute atomic E-state index is 0.208. The zero-order valence-corrected chi connectivity index (χ0v) is 25.0. The summed E-state index contributed by atoms with van der Waals surface area (Å²) in [7, 11) is 0. The van der Waals surface area contributed by atoms with E-state index < -0.39 is 6.10 Å². The van der Waals surface area contributed by atoms with E-state index in [1.807, 2.05) is 61.5 Å². The van der Waals surface area contributed by atoms with Crippen LogP contribution in [0.2, 0.25) is 0 Å². The van der Waals surface area contributed by atoms with Gasteiger partial charge in [0.1, 0.15) is 18.5 Å². The molecule has 0 aliphatic carbocycles. The summed E-state index contributed by atoms with van der Waals surface area (Å²) in [5.41, 5.74) is 5.54. The summed E-state index contributed by atoms with van der Waals surface area (Å²) in [5, 5.41) is 19.2. The van der Waals surface area contributed by atoms with Gasteiger partial charge in [0.15, 0.2) is 0 Å². The highest BCUT2D eigenvalue weighted by Gasteiger charge is 2.27. The Hall–Kier alpha value is -4.56. The molecule has 0 spiro atoms. The lowest BCUT2D eigenvalue weighted by Crippen LogP contribution is -2.50. The monoisotopic (exact) mass is 586 g/mol. The number of piperazine rings is 1. The van der Waals surface area contributed by atoms with E-state index in [9.17, 15) is 5.11 Å². The van der Waals surface area contributed by atoms with Crippen LogP contribution in [0.1, 0.15) is 34.2 Å². The molecule has 1 fully saturated rings. The largest absolute Gasteiger partial charge is 0.490 e. The first-order chi connectivity index (χ1) is 21.6. The van der Waals surface area contributed by atoms with Gasteiger partial charge in [0.05, 0.1) is 6.04 Å². The molecule has 2 heterocycles. The van der Waals surface area contributed by atoms with Gasteiger partial charge in [-0.3, -0.25) is 9.80 Å². The Balaban J connectivity index is 1.02. The fraction of sp³-hybridized carbons (Fsp3) is 0.243. The van der Waals surface area contributed by atoms with Gasteiger partial charge in [-0.2, -0.15) is 0 Å². The SMILES string of the molecule is Cc1ccc(-c2nnc(/C=C/c3ccccc3OCC(O)CN3CCN(C(c4ccccc4)c4ccccc4)CC3)o2)cc1. The van der Waals surface area contributed by atoms with Gasteiger partial charge in [-0.1, -0.05) is 96.6 Å². The van der Waals surface area contributed by atoms with Crippen molar-refractivity contribution >= 4 is 12.2 Å². The van der Waals surface area contributed by atoms with Crippen molar-refractivity contribution in [3.05, 3.63) is 137 Å². The molecule has 44 heavy (non-hydrogen) atoms. The van der Waals surface area contributed by atoms with Crippen molar-refractivity contribution in [2.75, 3.05) is 39.3 Å². The Morgan fingerprint density at radius 2 is 1.41 bits per heavy atom. The van der Waals surface area contributed by atoms with Gasteiger partial charge in [0.25, 0.3) is 0 Å². The Morgan fingerprint density at radius 3 is 2.09 bits per heavy atom. The van der Waals surface area contributed by atoms with Crippen molar-refractivity contribution in [2.45, 2.75) is 19.1 Å². The van der Waals surface area contributed by atoms with Gasteiger partial charge in [0.2, 0.25) is 11.8 Å². The lowest BCUT2D eigenvalue weighted by atomic mass is 9.96. The topological polar surface area (TPSA) is 74.9 Å². The third kappa shape index (κ3) is 7.50. The fourth-order valence-corrected chi connectivity index (χ4v) is 5.65. The average molecular weight is 587 g/mol. The van der Waals surface area contributed by atoms with E-state index in [0.29, 0.717) is 24.1 Å². The minimum Gasteiger partial charge on any atom is -0.490 e. The molecular weight excluding hydrogens is 548 g/mol. The average Bonchev–Trinajstić information content (AvgIpc) is 3.55. The van der Waals surface area contributed by atoms with Crippen LogP contribution in [-0.2, 0) is 0 Å². The molecule has 4 aromatic carbocycles. The van der Waals surface area contributed by atoms with Crippen LogP contribution in [0.25, 0.3) is 23.6 Å². The standard InChI is InChI=1S/C37H38N4O3/c1-28-16-18-32(19-17-28)37-39-38-35(44-37)21-20-29-10-8-9-15-34(29)43-27-33(42)26-40-22-24-41(25-23-40)36(30-11-4-2-5-12-30)31-13-6-3-7-14-31/h2-21,33,36,42H,22-27H2,1H3/b21-20+. The van der Waals surface area contributed by atoms with Crippen molar-refractivity contribution in [1.82, 2.24) is 20.0 Å². The van der Waals surface area contributed by atoms with Crippen molar-refractivity contribution in [3.63, 3.8) is 0 Å². The number of ether oxygens (including phenoxy) is 1. The Labute approximate surface area is 259 Å². The zero-order chi connectivity index (χ0) is 30.1. The normalized spacial score (nSPS) is 15.2. The van der Waals surface area contributed by atoms with Crippen LogP contribution in [0.5, 0.6) is 5.75 Å². The third-order valence-corrected chi connectivity index (χ3v) is 7.97. The summed E-state index contributed by atoms with van der Waals surface area (Å²) in [6.07, 6.45) is 3.06. The van der Waals surface area contributed by atoms with Crippen LogP contribution in [0.4, 0.5) is 0 Å². The van der Waals surface area contributed by atoms with Crippen molar-refractivity contribution in [1.29, 1.82) is 0 Å². The summed E-state index contributed by atoms with van der Waals surface area (Å²) in [6.45, 7) is 6.45. The summed E-state index contributed by atoms with van der Waals surface area (Å²) in [6, 6.07) is 37.4. The number of aromatic nitrogens is 2. The Morgan fingerprint density at radius 1 is 0.773 bits per heavy atom. The Kier molecular flexibility index (Phi) is 9.57. The number of para-hydroxylation sites is 1.